The summed E-state index contributed by atoms with van der Waals surface area (Å²) in [5.41, 5.74) is 0.105. The van der Waals surface area contributed by atoms with E-state index >= 15 is 0 Å². The van der Waals surface area contributed by atoms with Gasteiger partial charge in [-0.15, -0.1) is 0 Å². The SMILES string of the molecule is CN[C@@](C)(CO[C@H]1[C@H](n2ncnc2Cl)C[C@@]23COC[C@]1(C)[C@@H]2CC[C@H]1C3=CC[C@@]2(C)[C@H](C(=O)O)[C@@](C)([C@H](C)C(C)C)CC[C@]12C)C(C)C. The molecule has 1 saturated heterocycles. The van der Waals surface area contributed by atoms with Crippen molar-refractivity contribution in [2.24, 2.45) is 62.6 Å². The van der Waals surface area contributed by atoms with E-state index in [2.05, 4.69) is 85.6 Å². The van der Waals surface area contributed by atoms with Crippen molar-refractivity contribution >= 4 is 17.6 Å². The smallest absolute Gasteiger partial charge is 0.307 e. The molecule has 8 nitrogen and oxygen atoms in total. The van der Waals surface area contributed by atoms with Crippen molar-refractivity contribution in [2.45, 2.75) is 125 Å². The zero-order valence-electron chi connectivity index (χ0n) is 31.5. The number of carbonyl (C=O) groups is 1. The first kappa shape index (κ1) is 36.3. The van der Waals surface area contributed by atoms with Crippen LogP contribution in [0.1, 0.15) is 114 Å². The Hall–Kier alpha value is -1.48. The summed E-state index contributed by atoms with van der Waals surface area (Å²) in [6.45, 7) is 24.8. The molecule has 4 aliphatic carbocycles. The molecule has 48 heavy (non-hydrogen) atoms. The molecule has 2 heterocycles. The highest BCUT2D eigenvalue weighted by Gasteiger charge is 2.72. The normalized spacial score (nSPS) is 44.3. The lowest BCUT2D eigenvalue weighted by Gasteiger charge is -2.71. The number of carboxylic acids is 1. The molecule has 9 heteroatoms. The van der Waals surface area contributed by atoms with Crippen LogP contribution in [0.25, 0.3) is 0 Å². The molecule has 2 N–H and O–H groups in total. The largest absolute Gasteiger partial charge is 0.481 e. The summed E-state index contributed by atoms with van der Waals surface area (Å²) in [5.74, 6) is 0.771. The number of carboxylic acid groups (broad SMARTS) is 1. The summed E-state index contributed by atoms with van der Waals surface area (Å²) in [7, 11) is 2.02. The fraction of sp³-hybridized carbons (Fsp3) is 0.872. The maximum atomic E-state index is 13.5. The molecule has 2 bridgehead atoms. The second-order valence-corrected chi connectivity index (χ2v) is 19.0. The molecule has 0 amide bonds. The summed E-state index contributed by atoms with van der Waals surface area (Å²) in [6.07, 6.45) is 9.64. The highest BCUT2D eigenvalue weighted by atomic mass is 35.5. The quantitative estimate of drug-likeness (QED) is 0.254. The van der Waals surface area contributed by atoms with Gasteiger partial charge in [0.15, 0.2) is 0 Å². The number of aromatic nitrogens is 3. The Labute approximate surface area is 294 Å². The Morgan fingerprint density at radius 1 is 1.15 bits per heavy atom. The molecule has 1 aromatic rings. The molecule has 5 aliphatic rings. The fourth-order valence-corrected chi connectivity index (χ4v) is 12.6. The van der Waals surface area contributed by atoms with Crippen LogP contribution in [-0.2, 0) is 14.3 Å². The zero-order chi connectivity index (χ0) is 35.2. The standard InChI is InChI=1S/C39H63ClN4O4/c1-23(2)25(5)34(6)16-17-36(8)26-12-13-29-35(7)19-47-21-39(29,27(26)14-15-37(36,9)30(34)32(45)46)18-28(44-33(40)42-22-43-44)31(35)48-20-38(10,41-11)24(3)4/h14,22-26,28-31,41H,12-13,15-21H2,1-11H3,(H,45,46)/t25-,26+,28-,29+,30-,31+,34-,35-,36-,37+,38+,39+/m1/s1. The first-order chi connectivity index (χ1) is 22.4. The van der Waals surface area contributed by atoms with Gasteiger partial charge in [-0.05, 0) is 110 Å². The molecule has 0 aromatic carbocycles. The maximum absolute atomic E-state index is 13.5. The van der Waals surface area contributed by atoms with Crippen LogP contribution in [0.2, 0.25) is 5.28 Å². The fourth-order valence-electron chi connectivity index (χ4n) is 12.4. The highest BCUT2D eigenvalue weighted by molar-refractivity contribution is 6.28. The lowest BCUT2D eigenvalue weighted by Crippen LogP contribution is -2.69. The van der Waals surface area contributed by atoms with Crippen molar-refractivity contribution in [2.75, 3.05) is 26.9 Å². The van der Waals surface area contributed by atoms with E-state index in [1.165, 1.54) is 5.57 Å². The Bertz CT molecular complexity index is 1430. The van der Waals surface area contributed by atoms with Crippen molar-refractivity contribution in [3.05, 3.63) is 23.3 Å². The third-order valence-electron chi connectivity index (χ3n) is 16.3. The van der Waals surface area contributed by atoms with Crippen LogP contribution in [0, 0.1) is 62.6 Å². The van der Waals surface area contributed by atoms with Crippen molar-refractivity contribution in [1.82, 2.24) is 20.1 Å². The minimum absolute atomic E-state index is 0.104. The Morgan fingerprint density at radius 2 is 1.85 bits per heavy atom. The molecule has 270 valence electrons. The predicted molar refractivity (Wildman–Crippen MR) is 190 cm³/mol. The summed E-state index contributed by atoms with van der Waals surface area (Å²) < 4.78 is 15.7. The minimum Gasteiger partial charge on any atom is -0.481 e. The average Bonchev–Trinajstić information content (AvgIpc) is 3.45. The third kappa shape index (κ3) is 4.87. The number of nitrogens with one attached hydrogen (secondary N) is 1. The van der Waals surface area contributed by atoms with Gasteiger partial charge >= 0.3 is 5.97 Å². The van der Waals surface area contributed by atoms with Gasteiger partial charge in [-0.3, -0.25) is 4.79 Å². The Balaban J connectivity index is 1.45. The molecule has 1 aromatic heterocycles. The lowest BCUT2D eigenvalue weighted by atomic mass is 9.34. The van der Waals surface area contributed by atoms with E-state index in [0.29, 0.717) is 54.7 Å². The van der Waals surface area contributed by atoms with Gasteiger partial charge < -0.3 is 19.9 Å². The molecule has 0 radical (unpaired) electrons. The Morgan fingerprint density at radius 3 is 2.44 bits per heavy atom. The molecule has 1 aliphatic heterocycles. The first-order valence-corrected chi connectivity index (χ1v) is 19.1. The van der Waals surface area contributed by atoms with Crippen molar-refractivity contribution < 1.29 is 19.4 Å². The lowest BCUT2D eigenvalue weighted by molar-refractivity contribution is -0.253. The number of nitrogens with zero attached hydrogens (tertiary/aromatic N) is 3. The van der Waals surface area contributed by atoms with Gasteiger partial charge in [0.05, 0.1) is 37.9 Å². The van der Waals surface area contributed by atoms with Crippen LogP contribution in [0.4, 0.5) is 0 Å². The number of ether oxygens (including phenoxy) is 2. The molecule has 12 atom stereocenters. The van der Waals surface area contributed by atoms with Crippen molar-refractivity contribution in [3.8, 4) is 0 Å². The van der Waals surface area contributed by atoms with E-state index in [0.717, 1.165) is 38.5 Å². The van der Waals surface area contributed by atoms with Crippen molar-refractivity contribution in [3.63, 3.8) is 0 Å². The summed E-state index contributed by atoms with van der Waals surface area (Å²) in [4.78, 5) is 17.8. The molecule has 0 unspecified atom stereocenters. The molecule has 4 fully saturated rings. The van der Waals surface area contributed by atoms with E-state index in [1.807, 2.05) is 11.7 Å². The van der Waals surface area contributed by atoms with Gasteiger partial charge in [-0.25, -0.2) is 9.67 Å². The second-order valence-electron chi connectivity index (χ2n) is 18.6. The number of likely N-dealkylation sites (N-methyl/N-ethyl adjacent to an activating group) is 1. The van der Waals surface area contributed by atoms with E-state index in [4.69, 9.17) is 26.2 Å². The van der Waals surface area contributed by atoms with Gasteiger partial charge in [0.2, 0.25) is 5.28 Å². The number of halogens is 1. The third-order valence-corrected chi connectivity index (χ3v) is 16.6. The van der Waals surface area contributed by atoms with Crippen LogP contribution in [0.3, 0.4) is 0 Å². The van der Waals surface area contributed by atoms with Crippen LogP contribution in [-0.4, -0.2) is 64.4 Å². The zero-order valence-corrected chi connectivity index (χ0v) is 32.3. The predicted octanol–water partition coefficient (Wildman–Crippen LogP) is 8.08. The summed E-state index contributed by atoms with van der Waals surface area (Å²) >= 11 is 6.79. The number of hydrogen-bond acceptors (Lipinski definition) is 6. The van der Waals surface area contributed by atoms with Gasteiger partial charge in [-0.1, -0.05) is 74.0 Å². The summed E-state index contributed by atoms with van der Waals surface area (Å²) in [6, 6.07) is -0.104. The first-order valence-electron chi connectivity index (χ1n) is 18.7. The van der Waals surface area contributed by atoms with E-state index in [-0.39, 0.29) is 44.8 Å². The maximum Gasteiger partial charge on any atom is 0.307 e. The molecule has 3 saturated carbocycles. The van der Waals surface area contributed by atoms with Crippen molar-refractivity contribution in [1.29, 1.82) is 0 Å². The Kier molecular flexibility index (Phi) is 9.12. The second kappa shape index (κ2) is 12.1. The van der Waals surface area contributed by atoms with E-state index in [9.17, 15) is 9.90 Å². The van der Waals surface area contributed by atoms with Gasteiger partial charge in [0.1, 0.15) is 6.33 Å². The summed E-state index contributed by atoms with van der Waals surface area (Å²) in [5, 5.41) is 19.7. The highest BCUT2D eigenvalue weighted by Crippen LogP contribution is 2.75. The van der Waals surface area contributed by atoms with Gasteiger partial charge in [-0.2, -0.15) is 5.10 Å². The van der Waals surface area contributed by atoms with Gasteiger partial charge in [0.25, 0.3) is 0 Å². The molecule has 6 rings (SSSR count). The van der Waals surface area contributed by atoms with Crippen LogP contribution in [0.5, 0.6) is 0 Å². The molecular weight excluding hydrogens is 624 g/mol. The minimum atomic E-state index is -0.621. The van der Waals surface area contributed by atoms with E-state index < -0.39 is 11.9 Å². The van der Waals surface area contributed by atoms with Crippen LogP contribution in [0.15, 0.2) is 18.0 Å². The number of allylic oxidation sites excluding steroid dienone is 1. The molecule has 0 spiro atoms. The number of rotatable bonds is 9. The van der Waals surface area contributed by atoms with E-state index in [1.54, 1.807) is 6.33 Å². The monoisotopic (exact) mass is 686 g/mol. The molecular formula is C39H63ClN4O4. The van der Waals surface area contributed by atoms with Gasteiger partial charge in [0, 0.05) is 16.4 Å². The number of aliphatic carboxylic acids is 1. The topological polar surface area (TPSA) is 98.5 Å². The van der Waals surface area contributed by atoms with Crippen LogP contribution < -0.4 is 5.32 Å². The average molecular weight is 687 g/mol. The van der Waals surface area contributed by atoms with Crippen LogP contribution >= 0.6 is 11.6 Å². The number of fused-ring (bicyclic) bond motifs is 3. The number of hydrogen-bond donors (Lipinski definition) is 2.